The number of carbonyl (C=O) groups excluding carboxylic acids is 1. The molecule has 1 aliphatic carbocycles. The fourth-order valence-corrected chi connectivity index (χ4v) is 4.72. The van der Waals surface area contributed by atoms with Crippen LogP contribution < -0.4 is 16.4 Å². The summed E-state index contributed by atoms with van der Waals surface area (Å²) in [4.78, 5) is 18.6. The average Bonchev–Trinajstić information content (AvgIpc) is 2.73. The predicted molar refractivity (Wildman–Crippen MR) is 119 cm³/mol. The van der Waals surface area contributed by atoms with Crippen molar-refractivity contribution in [3.63, 3.8) is 0 Å². The van der Waals surface area contributed by atoms with E-state index in [-0.39, 0.29) is 23.8 Å². The van der Waals surface area contributed by atoms with Gasteiger partial charge in [-0.05, 0) is 76.9 Å². The summed E-state index contributed by atoms with van der Waals surface area (Å²) in [5, 5.41) is 16.3. The van der Waals surface area contributed by atoms with Gasteiger partial charge in [0.2, 0.25) is 5.91 Å². The summed E-state index contributed by atoms with van der Waals surface area (Å²) in [7, 11) is 0. The van der Waals surface area contributed by atoms with Gasteiger partial charge in [0, 0.05) is 32.2 Å². The first-order chi connectivity index (χ1) is 14.1. The molecule has 7 nitrogen and oxygen atoms in total. The minimum absolute atomic E-state index is 0.0742. The number of nitrogens with two attached hydrogens (primary N) is 1. The first-order valence-corrected chi connectivity index (χ1v) is 11.7. The van der Waals surface area contributed by atoms with Crippen LogP contribution in [-0.2, 0) is 4.79 Å². The second-order valence-corrected chi connectivity index (χ2v) is 8.88. The van der Waals surface area contributed by atoms with Crippen molar-refractivity contribution in [1.82, 2.24) is 15.5 Å². The smallest absolute Gasteiger partial charge is 0.220 e. The number of guanidine groups is 1. The van der Waals surface area contributed by atoms with Crippen LogP contribution in [0, 0.1) is 11.3 Å². The van der Waals surface area contributed by atoms with Gasteiger partial charge in [-0.1, -0.05) is 19.3 Å². The van der Waals surface area contributed by atoms with Crippen LogP contribution in [0.3, 0.4) is 0 Å². The van der Waals surface area contributed by atoms with Crippen molar-refractivity contribution >= 4 is 11.9 Å². The molecule has 1 aliphatic heterocycles. The Kier molecular flexibility index (Phi) is 10.8. The van der Waals surface area contributed by atoms with Crippen molar-refractivity contribution in [2.45, 2.75) is 71.1 Å². The summed E-state index contributed by atoms with van der Waals surface area (Å²) < 4.78 is 0. The van der Waals surface area contributed by atoms with E-state index in [9.17, 15) is 9.90 Å². The number of nitrogens with zero attached hydrogens (tertiary/aromatic N) is 2. The molecule has 168 valence electrons. The number of unbranched alkanes of at least 4 members (excludes halogenated alkanes) is 1. The molecule has 29 heavy (non-hydrogen) atoms. The number of nitrogens with one attached hydrogen (secondary N) is 2. The predicted octanol–water partition coefficient (Wildman–Crippen LogP) is 1.85. The van der Waals surface area contributed by atoms with Gasteiger partial charge >= 0.3 is 0 Å². The third-order valence-corrected chi connectivity index (χ3v) is 6.66. The molecule has 0 spiro atoms. The molecule has 2 fully saturated rings. The van der Waals surface area contributed by atoms with E-state index in [1.807, 2.05) is 0 Å². The summed E-state index contributed by atoms with van der Waals surface area (Å²) >= 11 is 0. The zero-order valence-corrected chi connectivity index (χ0v) is 18.4. The average molecular weight is 410 g/mol. The molecule has 0 radical (unpaired) electrons. The zero-order chi connectivity index (χ0) is 21.0. The molecule has 2 rings (SSSR count). The summed E-state index contributed by atoms with van der Waals surface area (Å²) in [6, 6.07) is 0. The van der Waals surface area contributed by atoms with E-state index in [1.54, 1.807) is 0 Å². The Balaban J connectivity index is 1.68. The number of aliphatic imine (C=N–C) groups is 1. The number of amides is 1. The Morgan fingerprint density at radius 3 is 2.52 bits per heavy atom. The Morgan fingerprint density at radius 1 is 1.17 bits per heavy atom. The van der Waals surface area contributed by atoms with E-state index >= 15 is 0 Å². The molecule has 0 bridgehead atoms. The van der Waals surface area contributed by atoms with Crippen LogP contribution in [0.15, 0.2) is 4.99 Å². The second-order valence-electron chi connectivity index (χ2n) is 8.88. The number of rotatable bonds is 11. The van der Waals surface area contributed by atoms with Crippen LogP contribution in [-0.4, -0.2) is 67.7 Å². The van der Waals surface area contributed by atoms with Crippen LogP contribution in [0.25, 0.3) is 0 Å². The Bertz CT molecular complexity index is 492. The fraction of sp³-hybridized carbons (Fsp3) is 0.909. The van der Waals surface area contributed by atoms with Gasteiger partial charge in [-0.25, -0.2) is 0 Å². The molecule has 0 atom stereocenters. The van der Waals surface area contributed by atoms with Crippen molar-refractivity contribution in [3.05, 3.63) is 0 Å². The summed E-state index contributed by atoms with van der Waals surface area (Å²) in [6.45, 7) is 7.98. The summed E-state index contributed by atoms with van der Waals surface area (Å²) in [6.07, 6.45) is 11.1. The largest absolute Gasteiger partial charge is 0.396 e. The Hall–Kier alpha value is -1.34. The number of likely N-dealkylation sites (tertiary alicyclic amines) is 1. The standard InChI is InChI=1S/C22H43N5O2/c1-2-24-21(26-18-22(12-17-28)10-4-3-5-11-22)25-13-6-7-14-27-15-8-19(9-16-27)20(23)29/h19,28H,2-18H2,1H3,(H2,23,29)(H2,24,25,26). The lowest BCUT2D eigenvalue weighted by atomic mass is 9.72. The number of aliphatic hydroxyl groups excluding tert-OH is 1. The monoisotopic (exact) mass is 409 g/mol. The van der Waals surface area contributed by atoms with Crippen molar-refractivity contribution in [2.75, 3.05) is 45.9 Å². The fourth-order valence-electron chi connectivity index (χ4n) is 4.72. The molecule has 0 aromatic rings. The topological polar surface area (TPSA) is 103 Å². The van der Waals surface area contributed by atoms with E-state index < -0.39 is 0 Å². The van der Waals surface area contributed by atoms with Crippen LogP contribution in [0.2, 0.25) is 0 Å². The van der Waals surface area contributed by atoms with Gasteiger partial charge in [-0.15, -0.1) is 0 Å². The summed E-state index contributed by atoms with van der Waals surface area (Å²) in [5.74, 6) is 0.834. The molecule has 0 aromatic carbocycles. The first-order valence-electron chi connectivity index (χ1n) is 11.7. The lowest BCUT2D eigenvalue weighted by Gasteiger charge is -2.35. The van der Waals surface area contributed by atoms with Crippen molar-refractivity contribution < 1.29 is 9.90 Å². The number of hydrogen-bond donors (Lipinski definition) is 4. The zero-order valence-electron chi connectivity index (χ0n) is 18.4. The molecule has 1 amide bonds. The number of hydrogen-bond acceptors (Lipinski definition) is 4. The molecule has 0 unspecified atom stereocenters. The van der Waals surface area contributed by atoms with E-state index in [0.29, 0.717) is 0 Å². The van der Waals surface area contributed by atoms with Gasteiger partial charge in [-0.3, -0.25) is 9.79 Å². The molecule has 7 heteroatoms. The quantitative estimate of drug-likeness (QED) is 0.237. The van der Waals surface area contributed by atoms with Gasteiger partial charge < -0.3 is 26.4 Å². The van der Waals surface area contributed by atoms with Crippen molar-refractivity contribution in [2.24, 2.45) is 22.1 Å². The molecule has 2 aliphatic rings. The van der Waals surface area contributed by atoms with Crippen LogP contribution in [0.5, 0.6) is 0 Å². The normalized spacial score (nSPS) is 21.1. The minimum Gasteiger partial charge on any atom is -0.396 e. The number of carbonyl (C=O) groups is 1. The maximum absolute atomic E-state index is 11.3. The highest BCUT2D eigenvalue weighted by Crippen LogP contribution is 2.39. The van der Waals surface area contributed by atoms with E-state index in [0.717, 1.165) is 77.3 Å². The summed E-state index contributed by atoms with van der Waals surface area (Å²) in [5.41, 5.74) is 5.59. The highest BCUT2D eigenvalue weighted by atomic mass is 16.3. The molecular weight excluding hydrogens is 366 g/mol. The highest BCUT2D eigenvalue weighted by molar-refractivity contribution is 5.79. The highest BCUT2D eigenvalue weighted by Gasteiger charge is 2.31. The molecular formula is C22H43N5O2. The van der Waals surface area contributed by atoms with Crippen molar-refractivity contribution in [1.29, 1.82) is 0 Å². The first kappa shape index (κ1) is 23.9. The van der Waals surface area contributed by atoms with E-state index in [4.69, 9.17) is 10.7 Å². The van der Waals surface area contributed by atoms with E-state index in [2.05, 4.69) is 22.5 Å². The molecule has 1 saturated heterocycles. The number of piperidine rings is 1. The Morgan fingerprint density at radius 2 is 1.90 bits per heavy atom. The maximum Gasteiger partial charge on any atom is 0.220 e. The maximum atomic E-state index is 11.3. The molecule has 5 N–H and O–H groups in total. The second kappa shape index (κ2) is 13.1. The molecule has 1 saturated carbocycles. The van der Waals surface area contributed by atoms with Gasteiger partial charge in [-0.2, -0.15) is 0 Å². The molecule has 0 aromatic heterocycles. The third-order valence-electron chi connectivity index (χ3n) is 6.66. The van der Waals surface area contributed by atoms with Gasteiger partial charge in [0.05, 0.1) is 0 Å². The van der Waals surface area contributed by atoms with Gasteiger partial charge in [0.25, 0.3) is 0 Å². The lowest BCUT2D eigenvalue weighted by Crippen LogP contribution is -2.40. The third kappa shape index (κ3) is 8.51. The van der Waals surface area contributed by atoms with Gasteiger partial charge in [0.15, 0.2) is 5.96 Å². The number of primary amides is 1. The van der Waals surface area contributed by atoms with Crippen LogP contribution in [0.1, 0.15) is 71.1 Å². The van der Waals surface area contributed by atoms with Gasteiger partial charge in [0.1, 0.15) is 0 Å². The van der Waals surface area contributed by atoms with E-state index in [1.165, 1.54) is 32.1 Å². The minimum atomic E-state index is -0.141. The number of aliphatic hydroxyl groups is 1. The lowest BCUT2D eigenvalue weighted by molar-refractivity contribution is -0.123. The van der Waals surface area contributed by atoms with Crippen molar-refractivity contribution in [3.8, 4) is 0 Å². The molecule has 1 heterocycles. The SMILES string of the molecule is CCNC(=NCC1(CCO)CCCCC1)NCCCCN1CCC(C(N)=O)CC1. The van der Waals surface area contributed by atoms with Crippen LogP contribution >= 0.6 is 0 Å². The Labute approximate surface area is 176 Å². The van der Waals surface area contributed by atoms with Crippen LogP contribution in [0.4, 0.5) is 0 Å².